The van der Waals surface area contributed by atoms with Crippen molar-refractivity contribution in [2.24, 2.45) is 0 Å². The minimum Gasteiger partial charge on any atom is -0.444 e. The summed E-state index contributed by atoms with van der Waals surface area (Å²) in [6.07, 6.45) is 1.95. The van der Waals surface area contributed by atoms with Crippen molar-refractivity contribution < 1.29 is 14.0 Å². The second-order valence-corrected chi connectivity index (χ2v) is 6.63. The summed E-state index contributed by atoms with van der Waals surface area (Å²) in [6, 6.07) is 16.5. The summed E-state index contributed by atoms with van der Waals surface area (Å²) in [4.78, 5) is 30.5. The van der Waals surface area contributed by atoms with Crippen molar-refractivity contribution in [3.63, 3.8) is 0 Å². The summed E-state index contributed by atoms with van der Waals surface area (Å²) in [6.45, 7) is 2.10. The molecule has 1 aromatic heterocycles. The Morgan fingerprint density at radius 1 is 1.07 bits per heavy atom. The lowest BCUT2D eigenvalue weighted by Gasteiger charge is -2.11. The van der Waals surface area contributed by atoms with Crippen LogP contribution in [0.1, 0.15) is 16.8 Å². The summed E-state index contributed by atoms with van der Waals surface area (Å²) >= 11 is 0. The van der Waals surface area contributed by atoms with Crippen LogP contribution in [0.5, 0.6) is 0 Å². The summed E-state index contributed by atoms with van der Waals surface area (Å²) < 4.78 is 5.51. The van der Waals surface area contributed by atoms with E-state index in [0.717, 1.165) is 16.7 Å². The average Bonchev–Trinajstić information content (AvgIpc) is 3.24. The van der Waals surface area contributed by atoms with Crippen molar-refractivity contribution in [2.45, 2.75) is 25.9 Å². The Balaban J connectivity index is 1.45. The number of nitrogens with one attached hydrogen (secondary N) is 1. The number of urea groups is 1. The fourth-order valence-electron chi connectivity index (χ4n) is 3.09. The van der Waals surface area contributed by atoms with E-state index in [2.05, 4.69) is 10.3 Å². The highest BCUT2D eigenvalue weighted by molar-refractivity contribution is 6.04. The molecule has 2 aromatic carbocycles. The van der Waals surface area contributed by atoms with E-state index in [9.17, 15) is 9.59 Å². The van der Waals surface area contributed by atoms with Crippen LogP contribution >= 0.6 is 0 Å². The monoisotopic (exact) mass is 361 g/mol. The fourth-order valence-corrected chi connectivity index (χ4v) is 3.09. The predicted octanol–water partition coefficient (Wildman–Crippen LogP) is 3.31. The van der Waals surface area contributed by atoms with Crippen molar-refractivity contribution in [3.05, 3.63) is 77.7 Å². The van der Waals surface area contributed by atoms with Gasteiger partial charge in [-0.15, -0.1) is 0 Å². The highest BCUT2D eigenvalue weighted by Crippen LogP contribution is 2.21. The highest BCUT2D eigenvalue weighted by atomic mass is 16.3. The Labute approximate surface area is 156 Å². The molecular weight excluding hydrogens is 342 g/mol. The molecular formula is C21H19N3O3. The smallest absolute Gasteiger partial charge is 0.325 e. The lowest BCUT2D eigenvalue weighted by Crippen LogP contribution is -2.32. The third-order valence-corrected chi connectivity index (χ3v) is 4.56. The van der Waals surface area contributed by atoms with Crippen LogP contribution in [-0.2, 0) is 17.8 Å². The van der Waals surface area contributed by atoms with Gasteiger partial charge in [-0.25, -0.2) is 9.78 Å². The van der Waals surface area contributed by atoms with E-state index in [-0.39, 0.29) is 12.5 Å². The third kappa shape index (κ3) is 3.60. The van der Waals surface area contributed by atoms with Gasteiger partial charge in [0.1, 0.15) is 12.3 Å². The summed E-state index contributed by atoms with van der Waals surface area (Å²) in [5.74, 6) is 0.224. The molecule has 0 unspecified atom stereocenters. The van der Waals surface area contributed by atoms with Gasteiger partial charge in [-0.05, 0) is 24.6 Å². The Bertz CT molecular complexity index is 964. The minimum atomic E-state index is -0.552. The molecule has 0 saturated carbocycles. The molecule has 1 saturated heterocycles. The summed E-state index contributed by atoms with van der Waals surface area (Å²) in [7, 11) is 0. The van der Waals surface area contributed by atoms with Crippen LogP contribution in [-0.4, -0.2) is 27.9 Å². The first-order valence-corrected chi connectivity index (χ1v) is 8.77. The van der Waals surface area contributed by atoms with Crippen LogP contribution in [0.15, 0.2) is 65.3 Å². The normalized spacial score (nSPS) is 16.6. The molecule has 0 spiro atoms. The van der Waals surface area contributed by atoms with Crippen molar-refractivity contribution in [1.29, 1.82) is 0 Å². The van der Waals surface area contributed by atoms with Gasteiger partial charge in [-0.3, -0.25) is 9.69 Å². The van der Waals surface area contributed by atoms with Gasteiger partial charge in [-0.2, -0.15) is 0 Å². The third-order valence-electron chi connectivity index (χ3n) is 4.56. The summed E-state index contributed by atoms with van der Waals surface area (Å²) in [5, 5.41) is 2.75. The van der Waals surface area contributed by atoms with E-state index < -0.39 is 12.1 Å². The molecule has 1 aliphatic heterocycles. The molecule has 1 N–H and O–H groups in total. The van der Waals surface area contributed by atoms with Crippen LogP contribution < -0.4 is 5.32 Å². The number of nitrogens with zero attached hydrogens (tertiary/aromatic N) is 2. The molecule has 6 heteroatoms. The second kappa shape index (κ2) is 7.07. The Hall–Kier alpha value is -3.41. The van der Waals surface area contributed by atoms with E-state index >= 15 is 0 Å². The quantitative estimate of drug-likeness (QED) is 0.708. The van der Waals surface area contributed by atoms with E-state index in [1.165, 1.54) is 11.2 Å². The van der Waals surface area contributed by atoms with Gasteiger partial charge < -0.3 is 9.73 Å². The van der Waals surface area contributed by atoms with Gasteiger partial charge in [0.25, 0.3) is 5.91 Å². The number of carbonyl (C=O) groups is 2. The van der Waals surface area contributed by atoms with Gasteiger partial charge in [-0.1, -0.05) is 48.0 Å². The number of aryl methyl sites for hydroxylation is 1. The number of oxazole rings is 1. The number of rotatable bonds is 5. The maximum atomic E-state index is 12.6. The number of hydrogen-bond acceptors (Lipinski definition) is 4. The predicted molar refractivity (Wildman–Crippen MR) is 99.7 cm³/mol. The van der Waals surface area contributed by atoms with Gasteiger partial charge in [0.2, 0.25) is 5.89 Å². The Morgan fingerprint density at radius 2 is 1.81 bits per heavy atom. The SMILES string of the molecule is Cc1ccc(-c2nc(CN3C(=O)N[C@H](Cc4ccccc4)C3=O)co2)cc1. The lowest BCUT2D eigenvalue weighted by atomic mass is 10.1. The van der Waals surface area contributed by atoms with E-state index in [0.29, 0.717) is 18.0 Å². The number of aromatic nitrogens is 1. The zero-order valence-electron chi connectivity index (χ0n) is 14.9. The molecule has 0 bridgehead atoms. The topological polar surface area (TPSA) is 75.4 Å². The Kier molecular flexibility index (Phi) is 4.46. The first kappa shape index (κ1) is 17.0. The molecule has 6 nitrogen and oxygen atoms in total. The molecule has 3 amide bonds. The number of amides is 3. The van der Waals surface area contributed by atoms with Crippen molar-refractivity contribution in [3.8, 4) is 11.5 Å². The van der Waals surface area contributed by atoms with Gasteiger partial charge in [0, 0.05) is 12.0 Å². The van der Waals surface area contributed by atoms with Gasteiger partial charge >= 0.3 is 6.03 Å². The molecule has 1 fully saturated rings. The molecule has 136 valence electrons. The largest absolute Gasteiger partial charge is 0.444 e. The van der Waals surface area contributed by atoms with E-state index in [1.807, 2.05) is 61.5 Å². The second-order valence-electron chi connectivity index (χ2n) is 6.63. The van der Waals surface area contributed by atoms with Gasteiger partial charge in [0.15, 0.2) is 0 Å². The van der Waals surface area contributed by atoms with Crippen molar-refractivity contribution in [1.82, 2.24) is 15.2 Å². The fraction of sp³-hybridized carbons (Fsp3) is 0.190. The van der Waals surface area contributed by atoms with Crippen molar-refractivity contribution in [2.75, 3.05) is 0 Å². The minimum absolute atomic E-state index is 0.0886. The molecule has 0 radical (unpaired) electrons. The molecule has 0 aliphatic carbocycles. The lowest BCUT2D eigenvalue weighted by molar-refractivity contribution is -0.127. The first-order valence-electron chi connectivity index (χ1n) is 8.77. The highest BCUT2D eigenvalue weighted by Gasteiger charge is 2.38. The molecule has 3 aromatic rings. The van der Waals surface area contributed by atoms with Crippen LogP contribution in [0, 0.1) is 6.92 Å². The number of imide groups is 1. The standard InChI is InChI=1S/C21H19N3O3/c1-14-7-9-16(10-8-14)19-22-17(13-27-19)12-24-20(25)18(23-21(24)26)11-15-5-3-2-4-6-15/h2-10,13,18H,11-12H2,1H3,(H,23,26)/t18-/m1/s1. The van der Waals surface area contributed by atoms with Crippen LogP contribution in [0.2, 0.25) is 0 Å². The maximum Gasteiger partial charge on any atom is 0.325 e. The molecule has 2 heterocycles. The van der Waals surface area contributed by atoms with Crippen LogP contribution in [0.3, 0.4) is 0 Å². The van der Waals surface area contributed by atoms with Crippen LogP contribution in [0.4, 0.5) is 4.79 Å². The molecule has 4 rings (SSSR count). The van der Waals surface area contributed by atoms with Gasteiger partial charge in [0.05, 0.1) is 12.2 Å². The van der Waals surface area contributed by atoms with E-state index in [4.69, 9.17) is 4.42 Å². The maximum absolute atomic E-state index is 12.6. The molecule has 27 heavy (non-hydrogen) atoms. The first-order chi connectivity index (χ1) is 13.1. The average molecular weight is 361 g/mol. The number of hydrogen-bond donors (Lipinski definition) is 1. The van der Waals surface area contributed by atoms with E-state index in [1.54, 1.807) is 0 Å². The zero-order chi connectivity index (χ0) is 18.8. The van der Waals surface area contributed by atoms with Crippen LogP contribution in [0.25, 0.3) is 11.5 Å². The zero-order valence-corrected chi connectivity index (χ0v) is 14.9. The molecule has 1 aliphatic rings. The number of benzene rings is 2. The summed E-state index contributed by atoms with van der Waals surface area (Å²) in [5.41, 5.74) is 3.54. The number of carbonyl (C=O) groups excluding carboxylic acids is 2. The molecule has 1 atom stereocenters. The van der Waals surface area contributed by atoms with Crippen molar-refractivity contribution >= 4 is 11.9 Å². The Morgan fingerprint density at radius 3 is 2.56 bits per heavy atom.